The maximum absolute atomic E-state index is 14.1. The fourth-order valence-electron chi connectivity index (χ4n) is 7.93. The van der Waals surface area contributed by atoms with Gasteiger partial charge in [0, 0.05) is 25.2 Å². The summed E-state index contributed by atoms with van der Waals surface area (Å²) in [5, 5.41) is 44.6. The number of rotatable bonds is 3. The van der Waals surface area contributed by atoms with Crippen LogP contribution in [0.3, 0.4) is 0 Å². The predicted molar refractivity (Wildman–Crippen MR) is 169 cm³/mol. The molecule has 5 rings (SSSR count). The second-order valence-corrected chi connectivity index (χ2v) is 14.4. The predicted octanol–water partition coefficient (Wildman–Crippen LogP) is 4.06. The van der Waals surface area contributed by atoms with Crippen molar-refractivity contribution in [2.24, 2.45) is 23.7 Å². The molecule has 4 aliphatic heterocycles. The van der Waals surface area contributed by atoms with Gasteiger partial charge in [-0.15, -0.1) is 0 Å². The maximum atomic E-state index is 14.1. The topological polar surface area (TPSA) is 135 Å². The second kappa shape index (κ2) is 13.6. The van der Waals surface area contributed by atoms with Crippen molar-refractivity contribution in [1.29, 1.82) is 0 Å². The summed E-state index contributed by atoms with van der Waals surface area (Å²) in [5.41, 5.74) is 1.39. The lowest BCUT2D eigenvalue weighted by Gasteiger charge is -2.51. The van der Waals surface area contributed by atoms with Crippen LogP contribution >= 0.6 is 0 Å². The third-order valence-corrected chi connectivity index (χ3v) is 10.1. The number of carbonyl (C=O) groups excluding carboxylic acids is 1. The molecule has 0 unspecified atom stereocenters. The second-order valence-electron chi connectivity index (χ2n) is 14.4. The van der Waals surface area contributed by atoms with Crippen LogP contribution in [0.15, 0.2) is 58.7 Å². The van der Waals surface area contributed by atoms with Crippen LogP contribution in [0.25, 0.3) is 0 Å². The molecule has 0 amide bonds. The molecule has 3 fully saturated rings. The Bertz CT molecular complexity index is 1260. The Morgan fingerprint density at radius 2 is 1.91 bits per heavy atom. The fourth-order valence-corrected chi connectivity index (χ4v) is 7.93. The molecule has 2 bridgehead atoms. The minimum atomic E-state index is -1.77. The van der Waals surface area contributed by atoms with E-state index in [1.807, 2.05) is 13.0 Å². The van der Waals surface area contributed by atoms with Crippen molar-refractivity contribution in [2.75, 3.05) is 13.2 Å². The van der Waals surface area contributed by atoms with Gasteiger partial charge in [-0.1, -0.05) is 62.8 Å². The highest BCUT2D eigenvalue weighted by molar-refractivity contribution is 5.78. The van der Waals surface area contributed by atoms with Crippen LogP contribution in [-0.4, -0.2) is 87.6 Å². The summed E-state index contributed by atoms with van der Waals surface area (Å²) < 4.78 is 25.5. The Hall–Kier alpha value is -2.11. The minimum Gasteiger partial charge on any atom is -0.462 e. The lowest BCUT2D eigenvalue weighted by atomic mass is 9.71. The van der Waals surface area contributed by atoms with Crippen molar-refractivity contribution in [2.45, 2.75) is 122 Å². The highest BCUT2D eigenvalue weighted by Gasteiger charge is 2.60. The molecule has 0 aromatic heterocycles. The van der Waals surface area contributed by atoms with Gasteiger partial charge in [-0.3, -0.25) is 4.79 Å². The van der Waals surface area contributed by atoms with E-state index < -0.39 is 59.7 Å². The van der Waals surface area contributed by atoms with Crippen LogP contribution in [0.2, 0.25) is 0 Å². The van der Waals surface area contributed by atoms with Crippen molar-refractivity contribution in [1.82, 2.24) is 0 Å². The molecule has 9 nitrogen and oxygen atoms in total. The number of aliphatic hydroxyl groups is 4. The Labute approximate surface area is 267 Å². The van der Waals surface area contributed by atoms with E-state index in [-0.39, 0.29) is 44.0 Å². The summed E-state index contributed by atoms with van der Waals surface area (Å²) >= 11 is 0. The Morgan fingerprint density at radius 1 is 1.16 bits per heavy atom. The van der Waals surface area contributed by atoms with Crippen LogP contribution in [0.1, 0.15) is 73.6 Å². The van der Waals surface area contributed by atoms with Crippen LogP contribution in [0.5, 0.6) is 0 Å². The zero-order valence-electron chi connectivity index (χ0n) is 27.5. The Balaban J connectivity index is 1.53. The normalized spacial score (nSPS) is 46.0. The lowest BCUT2D eigenvalue weighted by molar-refractivity contribution is -0.345. The van der Waals surface area contributed by atoms with Gasteiger partial charge in [0.05, 0.1) is 31.5 Å². The van der Waals surface area contributed by atoms with Gasteiger partial charge < -0.3 is 39.4 Å². The van der Waals surface area contributed by atoms with E-state index in [0.717, 1.165) is 12.0 Å². The number of aliphatic hydroxyl groups excluding tert-OH is 3. The van der Waals surface area contributed by atoms with Crippen molar-refractivity contribution < 1.29 is 44.2 Å². The average molecular weight is 629 g/mol. The molecule has 0 aromatic rings. The molecule has 1 aliphatic carbocycles. The van der Waals surface area contributed by atoms with Crippen LogP contribution in [-0.2, 0) is 23.7 Å². The zero-order chi connectivity index (χ0) is 32.7. The molecular formula is C36H52O9. The number of hydrogen-bond donors (Lipinski definition) is 4. The molecule has 0 aromatic carbocycles. The van der Waals surface area contributed by atoms with E-state index in [1.165, 1.54) is 5.57 Å². The number of fused-ring (bicyclic) bond motifs is 2. The molecule has 0 saturated carbocycles. The molecule has 1 spiro atoms. The molecule has 4 heterocycles. The van der Waals surface area contributed by atoms with Gasteiger partial charge in [-0.25, -0.2) is 0 Å². The molecule has 5 aliphatic rings. The standard InChI is InChI=1S/C36H52O9/c1-20(2)12-24(6)32-28(18-37)30(38)17-35(45-32)16-27-15-26(44-35)11-10-22(4)13-21(3)8-7-9-25-19-42-33-31(39)23(5)14-29(34(40)43-27)36(25,33)41/h7-10,12,14,20-21,26-33,37-39,41H,11,13,15-19H2,1-6H3/b8-7+,22-10+,24-12+,25-9+/t21-,26+,27-,28-,29-,30-,31+,32+,33+,35-,36+/m0/s1. The third-order valence-electron chi connectivity index (χ3n) is 10.1. The molecule has 0 radical (unpaired) electrons. The first kappa shape index (κ1) is 34.2. The number of carbonyl (C=O) groups is 1. The SMILES string of the molecule is CC1=C[C@H]2C(=O)O[C@H]3C[C@@H](C/C=C(\C)C[C@@H](C)/C=C/C=C4\CO[C@H]([C@@H]1O)[C@@]42O)O[C@]1(C3)C[C@H](O)[C@H](CO)[C@@H](/C(C)=C/C(C)C)O1. The number of hydrogen-bond acceptors (Lipinski definition) is 9. The molecule has 11 atom stereocenters. The highest BCUT2D eigenvalue weighted by atomic mass is 16.7. The van der Waals surface area contributed by atoms with Crippen molar-refractivity contribution in [3.63, 3.8) is 0 Å². The zero-order valence-corrected chi connectivity index (χ0v) is 27.5. The molecule has 4 N–H and O–H groups in total. The summed E-state index contributed by atoms with van der Waals surface area (Å²) in [6.45, 7) is 11.9. The summed E-state index contributed by atoms with van der Waals surface area (Å²) in [5.74, 6) is -2.99. The van der Waals surface area contributed by atoms with Crippen LogP contribution in [0, 0.1) is 23.7 Å². The molecule has 250 valence electrons. The van der Waals surface area contributed by atoms with Crippen molar-refractivity contribution >= 4 is 5.97 Å². The summed E-state index contributed by atoms with van der Waals surface area (Å²) in [6, 6.07) is 0. The van der Waals surface area contributed by atoms with Gasteiger partial charge in [0.1, 0.15) is 29.8 Å². The molecule has 45 heavy (non-hydrogen) atoms. The Kier molecular flexibility index (Phi) is 10.3. The summed E-state index contributed by atoms with van der Waals surface area (Å²) in [4.78, 5) is 14.1. The van der Waals surface area contributed by atoms with Crippen LogP contribution in [0.4, 0.5) is 0 Å². The van der Waals surface area contributed by atoms with E-state index in [4.69, 9.17) is 18.9 Å². The van der Waals surface area contributed by atoms with Crippen molar-refractivity contribution in [3.8, 4) is 0 Å². The van der Waals surface area contributed by atoms with E-state index in [1.54, 1.807) is 19.1 Å². The van der Waals surface area contributed by atoms with E-state index in [0.29, 0.717) is 24.0 Å². The van der Waals surface area contributed by atoms with Gasteiger partial charge in [-0.05, 0) is 62.2 Å². The van der Waals surface area contributed by atoms with Gasteiger partial charge in [0.2, 0.25) is 0 Å². The first-order valence-electron chi connectivity index (χ1n) is 16.5. The number of ether oxygens (including phenoxy) is 4. The first-order valence-corrected chi connectivity index (χ1v) is 16.5. The molecule has 3 saturated heterocycles. The Morgan fingerprint density at radius 3 is 2.62 bits per heavy atom. The van der Waals surface area contributed by atoms with Gasteiger partial charge in [0.15, 0.2) is 5.79 Å². The minimum absolute atomic E-state index is 0.0889. The maximum Gasteiger partial charge on any atom is 0.316 e. The monoisotopic (exact) mass is 628 g/mol. The lowest BCUT2D eigenvalue weighted by Crippen LogP contribution is -2.60. The molecule has 9 heteroatoms. The number of allylic oxidation sites excluding steroid dienone is 5. The quantitative estimate of drug-likeness (QED) is 0.270. The summed E-state index contributed by atoms with van der Waals surface area (Å²) in [6.07, 6.45) is 9.22. The van der Waals surface area contributed by atoms with Gasteiger partial charge in [0.25, 0.3) is 0 Å². The van der Waals surface area contributed by atoms with Gasteiger partial charge in [-0.2, -0.15) is 0 Å². The van der Waals surface area contributed by atoms with Crippen molar-refractivity contribution in [3.05, 3.63) is 58.7 Å². The summed E-state index contributed by atoms with van der Waals surface area (Å²) in [7, 11) is 0. The van der Waals surface area contributed by atoms with E-state index >= 15 is 0 Å². The highest BCUT2D eigenvalue weighted by Crippen LogP contribution is 2.48. The van der Waals surface area contributed by atoms with E-state index in [9.17, 15) is 25.2 Å². The first-order chi connectivity index (χ1) is 21.3. The third kappa shape index (κ3) is 6.96. The molecular weight excluding hydrogens is 576 g/mol. The van der Waals surface area contributed by atoms with Gasteiger partial charge >= 0.3 is 5.97 Å². The largest absolute Gasteiger partial charge is 0.462 e. The number of esters is 1. The van der Waals surface area contributed by atoms with E-state index in [2.05, 4.69) is 45.9 Å². The smallest absolute Gasteiger partial charge is 0.316 e. The fraction of sp³-hybridized carbons (Fsp3) is 0.694. The average Bonchev–Trinajstić information content (AvgIpc) is 3.29. The van der Waals surface area contributed by atoms with Crippen LogP contribution < -0.4 is 0 Å².